The number of ether oxygens (including phenoxy) is 2. The fraction of sp³-hybridized carbons (Fsp3) is 0.488. The molecule has 4 nitrogen and oxygen atoms in total. The van der Waals surface area contributed by atoms with Gasteiger partial charge in [-0.2, -0.15) is 0 Å². The second kappa shape index (κ2) is 22.0. The van der Waals surface area contributed by atoms with Gasteiger partial charge in [0, 0.05) is 48.7 Å². The Hall–Kier alpha value is -3.66. The molecule has 0 fully saturated rings. The zero-order valence-electron chi connectivity index (χ0n) is 30.4. The highest BCUT2D eigenvalue weighted by atomic mass is 16.5. The van der Waals surface area contributed by atoms with E-state index < -0.39 is 0 Å². The third-order valence-corrected chi connectivity index (χ3v) is 9.07. The van der Waals surface area contributed by atoms with E-state index in [4.69, 9.17) is 9.47 Å². The fourth-order valence-electron chi connectivity index (χ4n) is 6.07. The van der Waals surface area contributed by atoms with Gasteiger partial charge in [0.2, 0.25) is 0 Å². The first kappa shape index (κ1) is 37.8. The second-order valence-corrected chi connectivity index (χ2v) is 12.4. The lowest BCUT2D eigenvalue weighted by Gasteiger charge is -2.20. The number of anilines is 2. The minimum Gasteiger partial charge on any atom is -0.496 e. The molecule has 0 amide bonds. The van der Waals surface area contributed by atoms with Crippen LogP contribution in [0.25, 0.3) is 24.3 Å². The smallest absolute Gasteiger partial charge is 0.127 e. The molecule has 0 aliphatic heterocycles. The van der Waals surface area contributed by atoms with Crippen molar-refractivity contribution in [3.63, 3.8) is 0 Å². The molecule has 0 unspecified atom stereocenters. The average Bonchev–Trinajstić information content (AvgIpc) is 3.11. The number of methoxy groups -OCH3 is 1. The molecule has 0 aromatic heterocycles. The summed E-state index contributed by atoms with van der Waals surface area (Å²) in [7, 11) is 1.75. The van der Waals surface area contributed by atoms with Crippen molar-refractivity contribution in [2.24, 2.45) is 0 Å². The van der Waals surface area contributed by atoms with E-state index in [-0.39, 0.29) is 0 Å². The van der Waals surface area contributed by atoms with Gasteiger partial charge in [0.1, 0.15) is 11.5 Å². The lowest BCUT2D eigenvalue weighted by molar-refractivity contribution is 0.303. The molecule has 47 heavy (non-hydrogen) atoms. The van der Waals surface area contributed by atoms with Crippen LogP contribution in [0, 0.1) is 0 Å². The second-order valence-electron chi connectivity index (χ2n) is 12.4. The zero-order chi connectivity index (χ0) is 33.7. The van der Waals surface area contributed by atoms with Gasteiger partial charge in [0.05, 0.1) is 13.7 Å². The first-order valence-corrected chi connectivity index (χ1v) is 18.5. The number of hydrogen-bond donors (Lipinski definition) is 0. The third-order valence-electron chi connectivity index (χ3n) is 9.07. The van der Waals surface area contributed by atoms with Gasteiger partial charge in [0.25, 0.3) is 0 Å². The molecule has 0 aliphatic carbocycles. The first-order valence-electron chi connectivity index (χ1n) is 18.5. The molecule has 3 aromatic rings. The van der Waals surface area contributed by atoms with E-state index in [0.717, 1.165) is 73.0 Å². The van der Waals surface area contributed by atoms with Gasteiger partial charge in [-0.1, -0.05) is 113 Å². The van der Waals surface area contributed by atoms with Crippen LogP contribution in [-0.4, -0.2) is 39.9 Å². The third kappa shape index (κ3) is 12.8. The average molecular weight is 639 g/mol. The maximum absolute atomic E-state index is 6.48. The topological polar surface area (TPSA) is 24.9 Å². The molecule has 0 spiro atoms. The van der Waals surface area contributed by atoms with Crippen LogP contribution in [0.15, 0.2) is 60.7 Å². The van der Waals surface area contributed by atoms with E-state index in [1.54, 1.807) is 7.11 Å². The van der Waals surface area contributed by atoms with Crippen LogP contribution in [0.4, 0.5) is 11.4 Å². The van der Waals surface area contributed by atoms with Gasteiger partial charge >= 0.3 is 0 Å². The Morgan fingerprint density at radius 3 is 1.32 bits per heavy atom. The Kier molecular flexibility index (Phi) is 17.7. The number of hydrogen-bond acceptors (Lipinski definition) is 4. The summed E-state index contributed by atoms with van der Waals surface area (Å²) >= 11 is 0. The normalized spacial score (nSPS) is 11.4. The highest BCUT2D eigenvalue weighted by Gasteiger charge is 2.10. The Morgan fingerprint density at radius 2 is 0.894 bits per heavy atom. The molecule has 0 saturated carbocycles. The van der Waals surface area contributed by atoms with E-state index in [2.05, 4.69) is 129 Å². The fourth-order valence-corrected chi connectivity index (χ4v) is 6.07. The van der Waals surface area contributed by atoms with Crippen molar-refractivity contribution < 1.29 is 9.47 Å². The minimum atomic E-state index is 0.720. The van der Waals surface area contributed by atoms with Crippen molar-refractivity contribution in [1.29, 1.82) is 0 Å². The summed E-state index contributed by atoms with van der Waals surface area (Å²) in [6.45, 7) is 15.8. The van der Waals surface area contributed by atoms with Crippen LogP contribution in [0.2, 0.25) is 0 Å². The Labute approximate surface area is 287 Å². The van der Waals surface area contributed by atoms with Crippen LogP contribution >= 0.6 is 0 Å². The number of unbranched alkanes of at least 4 members (excludes halogenated alkanes) is 9. The van der Waals surface area contributed by atoms with Gasteiger partial charge < -0.3 is 19.3 Å². The van der Waals surface area contributed by atoms with Gasteiger partial charge in [0.15, 0.2) is 0 Å². The van der Waals surface area contributed by atoms with Crippen LogP contribution in [0.5, 0.6) is 11.5 Å². The summed E-state index contributed by atoms with van der Waals surface area (Å²) in [4.78, 5) is 4.73. The molecule has 0 heterocycles. The summed E-state index contributed by atoms with van der Waals surface area (Å²) in [6.07, 6.45) is 21.8. The monoisotopic (exact) mass is 638 g/mol. The summed E-state index contributed by atoms with van der Waals surface area (Å²) in [5.74, 6) is 1.73. The molecule has 4 heteroatoms. The molecule has 0 aliphatic rings. The highest BCUT2D eigenvalue weighted by Crippen LogP contribution is 2.32. The van der Waals surface area contributed by atoms with Gasteiger partial charge in [-0.15, -0.1) is 0 Å². The number of nitrogens with zero attached hydrogens (tertiary/aromatic N) is 2. The summed E-state index contributed by atoms with van der Waals surface area (Å²) in [5, 5.41) is 0. The maximum Gasteiger partial charge on any atom is 0.127 e. The van der Waals surface area contributed by atoms with Crippen LogP contribution in [0.1, 0.15) is 121 Å². The Bertz CT molecular complexity index is 1320. The van der Waals surface area contributed by atoms with Gasteiger partial charge in [-0.05, 0) is 81.6 Å². The van der Waals surface area contributed by atoms with Crippen molar-refractivity contribution in [3.05, 3.63) is 82.9 Å². The van der Waals surface area contributed by atoms with Crippen molar-refractivity contribution in [1.82, 2.24) is 0 Å². The van der Waals surface area contributed by atoms with E-state index >= 15 is 0 Å². The zero-order valence-corrected chi connectivity index (χ0v) is 30.4. The predicted octanol–water partition coefficient (Wildman–Crippen LogP) is 12.0. The molecule has 0 N–H and O–H groups in total. The standard InChI is InChI=1S/C43H62N2O2/c1-7-12-13-14-15-16-17-18-19-20-33-47-43-35-38(27-21-36-23-29-40(30-24-36)44(8-2)9-3)42(46-6)34-39(43)28-22-37-25-31-41(32-26-37)45(10-4)11-5/h21-32,34-35H,7-20,33H2,1-6H3. The van der Waals surface area contributed by atoms with Crippen molar-refractivity contribution in [3.8, 4) is 11.5 Å². The Balaban J connectivity index is 1.74. The molecule has 3 rings (SSSR count). The Morgan fingerprint density at radius 1 is 0.489 bits per heavy atom. The van der Waals surface area contributed by atoms with Gasteiger partial charge in [-0.3, -0.25) is 0 Å². The van der Waals surface area contributed by atoms with Crippen molar-refractivity contribution in [2.45, 2.75) is 98.8 Å². The van der Waals surface area contributed by atoms with Crippen LogP contribution in [-0.2, 0) is 0 Å². The summed E-state index contributed by atoms with van der Waals surface area (Å²) < 4.78 is 12.4. The first-order chi connectivity index (χ1) is 23.1. The number of benzene rings is 3. The molecule has 0 saturated heterocycles. The minimum absolute atomic E-state index is 0.720. The van der Waals surface area contributed by atoms with E-state index in [0.29, 0.717) is 0 Å². The molecule has 0 bridgehead atoms. The van der Waals surface area contributed by atoms with E-state index in [1.165, 1.54) is 69.2 Å². The molecule has 0 radical (unpaired) electrons. The largest absolute Gasteiger partial charge is 0.496 e. The summed E-state index contributed by atoms with van der Waals surface area (Å²) in [5.41, 5.74) is 6.88. The van der Waals surface area contributed by atoms with Gasteiger partial charge in [-0.25, -0.2) is 0 Å². The maximum atomic E-state index is 6.48. The van der Waals surface area contributed by atoms with E-state index in [9.17, 15) is 0 Å². The van der Waals surface area contributed by atoms with Crippen LogP contribution < -0.4 is 19.3 Å². The molecule has 256 valence electrons. The quantitative estimate of drug-likeness (QED) is 0.0762. The molecular weight excluding hydrogens is 576 g/mol. The number of rotatable bonds is 23. The lowest BCUT2D eigenvalue weighted by atomic mass is 10.0. The molecule has 3 aromatic carbocycles. The highest BCUT2D eigenvalue weighted by molar-refractivity contribution is 5.79. The van der Waals surface area contributed by atoms with Crippen LogP contribution in [0.3, 0.4) is 0 Å². The molecule has 0 atom stereocenters. The predicted molar refractivity (Wildman–Crippen MR) is 208 cm³/mol. The molecular formula is C43H62N2O2. The lowest BCUT2D eigenvalue weighted by Crippen LogP contribution is -2.21. The SMILES string of the molecule is CCCCCCCCCCCCOc1cc(C=Cc2ccc(N(CC)CC)cc2)c(OC)cc1C=Cc1ccc(N(CC)CC)cc1. The van der Waals surface area contributed by atoms with E-state index in [1.807, 2.05) is 0 Å². The summed E-state index contributed by atoms with van der Waals surface area (Å²) in [6, 6.07) is 21.8. The van der Waals surface area contributed by atoms with Crippen molar-refractivity contribution in [2.75, 3.05) is 49.7 Å². The van der Waals surface area contributed by atoms with Crippen molar-refractivity contribution >= 4 is 35.7 Å².